The highest BCUT2D eigenvalue weighted by molar-refractivity contribution is 6.42. The minimum absolute atomic E-state index is 0.253. The van der Waals surface area contributed by atoms with E-state index in [1.54, 1.807) is 18.2 Å². The number of hydrogen-bond acceptors (Lipinski definition) is 4. The molecule has 0 bridgehead atoms. The zero-order chi connectivity index (χ0) is 24.1. The predicted octanol–water partition coefficient (Wildman–Crippen LogP) is 6.78. The fourth-order valence-electron chi connectivity index (χ4n) is 3.72. The van der Waals surface area contributed by atoms with Gasteiger partial charge in [0.15, 0.2) is 0 Å². The van der Waals surface area contributed by atoms with Crippen molar-refractivity contribution in [3.8, 4) is 0 Å². The molecule has 0 unspecified atom stereocenters. The van der Waals surface area contributed by atoms with E-state index in [1.165, 1.54) is 12.3 Å². The molecule has 3 aromatic rings. The number of amides is 1. The molecule has 0 radical (unpaired) electrons. The van der Waals surface area contributed by atoms with E-state index < -0.39 is 0 Å². The zero-order valence-electron chi connectivity index (χ0n) is 18.1. The van der Waals surface area contributed by atoms with E-state index in [-0.39, 0.29) is 11.1 Å². The molecular formula is C25H22Cl4N4O. The third kappa shape index (κ3) is 6.44. The molecule has 1 N–H and O–H groups in total. The number of rotatable bonds is 6. The van der Waals surface area contributed by atoms with Gasteiger partial charge in [-0.15, -0.1) is 0 Å². The molecule has 1 amide bonds. The van der Waals surface area contributed by atoms with E-state index >= 15 is 0 Å². The Balaban J connectivity index is 1.41. The van der Waals surface area contributed by atoms with Gasteiger partial charge in [-0.2, -0.15) is 0 Å². The van der Waals surface area contributed by atoms with Gasteiger partial charge in [-0.3, -0.25) is 9.69 Å². The summed E-state index contributed by atoms with van der Waals surface area (Å²) < 4.78 is 0. The first-order valence-corrected chi connectivity index (χ1v) is 12.2. The summed E-state index contributed by atoms with van der Waals surface area (Å²) in [6.07, 6.45) is 5.75. The molecule has 1 saturated heterocycles. The molecule has 5 nitrogen and oxygen atoms in total. The number of pyridine rings is 1. The Bertz CT molecular complexity index is 1190. The molecule has 2 heterocycles. The molecule has 0 saturated carbocycles. The lowest BCUT2D eigenvalue weighted by molar-refractivity contribution is 0.102. The number of piperazine rings is 1. The van der Waals surface area contributed by atoms with Crippen molar-refractivity contribution >= 4 is 69.8 Å². The van der Waals surface area contributed by atoms with Crippen molar-refractivity contribution in [2.24, 2.45) is 0 Å². The van der Waals surface area contributed by atoms with E-state index in [4.69, 9.17) is 46.4 Å². The van der Waals surface area contributed by atoms with Crippen LogP contribution in [0.4, 0.5) is 11.4 Å². The normalized spacial score (nSPS) is 14.5. The number of aromatic nitrogens is 1. The molecule has 4 rings (SSSR count). The molecule has 1 aliphatic heterocycles. The van der Waals surface area contributed by atoms with Gasteiger partial charge in [-0.1, -0.05) is 70.7 Å². The van der Waals surface area contributed by atoms with E-state index in [0.717, 1.165) is 49.0 Å². The van der Waals surface area contributed by atoms with Gasteiger partial charge in [0.1, 0.15) is 5.15 Å². The minimum atomic E-state index is -0.296. The highest BCUT2D eigenvalue weighted by Crippen LogP contribution is 2.36. The smallest absolute Gasteiger partial charge is 0.255 e. The van der Waals surface area contributed by atoms with Gasteiger partial charge < -0.3 is 10.2 Å². The summed E-state index contributed by atoms with van der Waals surface area (Å²) in [4.78, 5) is 21.3. The van der Waals surface area contributed by atoms with Gasteiger partial charge in [-0.25, -0.2) is 4.98 Å². The highest BCUT2D eigenvalue weighted by atomic mass is 35.5. The van der Waals surface area contributed by atoms with Crippen LogP contribution in [0.5, 0.6) is 0 Å². The van der Waals surface area contributed by atoms with Crippen molar-refractivity contribution in [2.75, 3.05) is 42.9 Å². The number of hydrogen-bond donors (Lipinski definition) is 1. The average Bonchev–Trinajstić information content (AvgIpc) is 2.83. The Kier molecular flexibility index (Phi) is 8.35. The van der Waals surface area contributed by atoms with Crippen LogP contribution >= 0.6 is 46.4 Å². The summed E-state index contributed by atoms with van der Waals surface area (Å²) >= 11 is 24.5. The third-order valence-electron chi connectivity index (χ3n) is 5.53. The van der Waals surface area contributed by atoms with E-state index in [9.17, 15) is 4.79 Å². The zero-order valence-corrected chi connectivity index (χ0v) is 21.2. The topological polar surface area (TPSA) is 48.5 Å². The fraction of sp³-hybridized carbons (Fsp3) is 0.200. The molecule has 1 aliphatic rings. The molecule has 176 valence electrons. The van der Waals surface area contributed by atoms with Gasteiger partial charge in [0.25, 0.3) is 5.91 Å². The maximum atomic E-state index is 12.8. The van der Waals surface area contributed by atoms with Crippen LogP contribution in [0.3, 0.4) is 0 Å². The first-order valence-electron chi connectivity index (χ1n) is 10.7. The number of anilines is 2. The van der Waals surface area contributed by atoms with Crippen molar-refractivity contribution in [1.29, 1.82) is 0 Å². The van der Waals surface area contributed by atoms with Crippen LogP contribution < -0.4 is 10.2 Å². The Hall–Kier alpha value is -2.28. The van der Waals surface area contributed by atoms with Gasteiger partial charge in [0, 0.05) is 49.5 Å². The van der Waals surface area contributed by atoms with Crippen LogP contribution in [0.15, 0.2) is 60.8 Å². The van der Waals surface area contributed by atoms with Crippen molar-refractivity contribution < 1.29 is 4.79 Å². The lowest BCUT2D eigenvalue weighted by Gasteiger charge is -2.36. The summed E-state index contributed by atoms with van der Waals surface area (Å²) in [6.45, 7) is 4.18. The molecule has 9 heteroatoms. The average molecular weight is 536 g/mol. The van der Waals surface area contributed by atoms with Crippen molar-refractivity contribution in [3.05, 3.63) is 92.2 Å². The van der Waals surface area contributed by atoms with Gasteiger partial charge in [0.2, 0.25) is 0 Å². The number of carbonyl (C=O) groups is 1. The van der Waals surface area contributed by atoms with Crippen LogP contribution in [0.1, 0.15) is 15.9 Å². The molecule has 34 heavy (non-hydrogen) atoms. The summed E-state index contributed by atoms with van der Waals surface area (Å²) in [7, 11) is 0. The molecule has 1 aromatic heterocycles. The number of halogens is 4. The fourth-order valence-corrected chi connectivity index (χ4v) is 4.34. The molecular weight excluding hydrogens is 514 g/mol. The summed E-state index contributed by atoms with van der Waals surface area (Å²) in [6, 6.07) is 14.4. The van der Waals surface area contributed by atoms with E-state index in [1.807, 2.05) is 24.3 Å². The van der Waals surface area contributed by atoms with Gasteiger partial charge in [0.05, 0.1) is 21.4 Å². The number of nitrogens with zero attached hydrogens (tertiary/aromatic N) is 3. The summed E-state index contributed by atoms with van der Waals surface area (Å²) in [5, 5.41) is 4.74. The van der Waals surface area contributed by atoms with Crippen LogP contribution in [-0.2, 0) is 0 Å². The lowest BCUT2D eigenvalue weighted by atomic mass is 10.2. The van der Waals surface area contributed by atoms with E-state index in [0.29, 0.717) is 21.3 Å². The monoisotopic (exact) mass is 534 g/mol. The van der Waals surface area contributed by atoms with Crippen LogP contribution in [0, 0.1) is 0 Å². The lowest BCUT2D eigenvalue weighted by Crippen LogP contribution is -2.46. The van der Waals surface area contributed by atoms with Gasteiger partial charge >= 0.3 is 0 Å². The SMILES string of the molecule is O=C(Nc1cc(Cl)c(Cl)cc1N1CCN(C/C=C/c2ccc(Cl)cc2)CC1)c1ccnc(Cl)c1. The first kappa shape index (κ1) is 24.8. The third-order valence-corrected chi connectivity index (χ3v) is 6.71. The molecule has 0 aliphatic carbocycles. The molecule has 0 atom stereocenters. The second-order valence-corrected chi connectivity index (χ2v) is 9.48. The molecule has 2 aromatic carbocycles. The Morgan fingerprint density at radius 2 is 1.65 bits per heavy atom. The number of carbonyl (C=O) groups excluding carboxylic acids is 1. The standard InChI is InChI=1S/C25H22Cl4N4O/c26-19-5-3-17(4-6-19)2-1-9-32-10-12-33(13-11-32)23-16-21(28)20(27)15-22(23)31-25(34)18-7-8-30-24(29)14-18/h1-8,14-16H,9-13H2,(H,31,34)/b2-1+. The molecule has 0 spiro atoms. The molecule has 1 fully saturated rings. The predicted molar refractivity (Wildman–Crippen MR) is 143 cm³/mol. The maximum absolute atomic E-state index is 12.8. The largest absolute Gasteiger partial charge is 0.367 e. The van der Waals surface area contributed by atoms with Crippen molar-refractivity contribution in [2.45, 2.75) is 0 Å². The highest BCUT2D eigenvalue weighted by Gasteiger charge is 2.21. The Labute approximate surface area is 218 Å². The quantitative estimate of drug-likeness (QED) is 0.353. The Morgan fingerprint density at radius 3 is 2.35 bits per heavy atom. The second-order valence-electron chi connectivity index (χ2n) is 7.85. The van der Waals surface area contributed by atoms with Gasteiger partial charge in [-0.05, 0) is 42.0 Å². The number of benzene rings is 2. The van der Waals surface area contributed by atoms with Crippen molar-refractivity contribution in [3.63, 3.8) is 0 Å². The maximum Gasteiger partial charge on any atom is 0.255 e. The Morgan fingerprint density at radius 1 is 0.941 bits per heavy atom. The van der Waals surface area contributed by atoms with Crippen LogP contribution in [0.2, 0.25) is 20.2 Å². The van der Waals surface area contributed by atoms with Crippen LogP contribution in [-0.4, -0.2) is 48.5 Å². The number of nitrogens with one attached hydrogen (secondary N) is 1. The summed E-state index contributed by atoms with van der Waals surface area (Å²) in [5.74, 6) is -0.296. The van der Waals surface area contributed by atoms with Crippen LogP contribution in [0.25, 0.3) is 6.08 Å². The van der Waals surface area contributed by atoms with E-state index in [2.05, 4.69) is 32.3 Å². The first-order chi connectivity index (χ1) is 16.4. The van der Waals surface area contributed by atoms with Crippen molar-refractivity contribution in [1.82, 2.24) is 9.88 Å². The second kappa shape index (κ2) is 11.4. The minimum Gasteiger partial charge on any atom is -0.367 e. The summed E-state index contributed by atoms with van der Waals surface area (Å²) in [5.41, 5.74) is 2.96.